The molecule has 24 heavy (non-hydrogen) atoms. The van der Waals surface area contributed by atoms with E-state index < -0.39 is 11.6 Å². The van der Waals surface area contributed by atoms with Gasteiger partial charge in [0.2, 0.25) is 5.95 Å². The normalized spacial score (nSPS) is 11.1. The summed E-state index contributed by atoms with van der Waals surface area (Å²) in [7, 11) is 0. The SMILES string of the molecule is Fc1ccc(CNc2nc3ccc(-c4nccs4)cc3[nH]2)cc1F. The first-order valence-corrected chi connectivity index (χ1v) is 8.14. The Balaban J connectivity index is 1.55. The Hall–Kier alpha value is -2.80. The second-order valence-electron chi connectivity index (χ2n) is 5.26. The molecule has 0 bridgehead atoms. The number of anilines is 1. The Morgan fingerprint density at radius 3 is 2.79 bits per heavy atom. The van der Waals surface area contributed by atoms with Crippen LogP contribution in [0.15, 0.2) is 48.0 Å². The number of halogens is 2. The first-order valence-electron chi connectivity index (χ1n) is 7.26. The number of fused-ring (bicyclic) bond motifs is 1. The molecule has 0 spiro atoms. The minimum Gasteiger partial charge on any atom is -0.352 e. The Labute approximate surface area is 140 Å². The molecule has 0 aliphatic rings. The summed E-state index contributed by atoms with van der Waals surface area (Å²) in [5.74, 6) is -1.13. The average Bonchev–Trinajstić information content (AvgIpc) is 3.24. The van der Waals surface area contributed by atoms with Gasteiger partial charge in [0.05, 0.1) is 11.0 Å². The molecular weight excluding hydrogens is 330 g/mol. The van der Waals surface area contributed by atoms with E-state index in [9.17, 15) is 8.78 Å². The van der Waals surface area contributed by atoms with E-state index in [1.165, 1.54) is 12.1 Å². The molecule has 2 aromatic carbocycles. The molecule has 0 aliphatic carbocycles. The van der Waals surface area contributed by atoms with Crippen LogP contribution in [-0.2, 0) is 6.54 Å². The quantitative estimate of drug-likeness (QED) is 0.571. The third kappa shape index (κ3) is 2.85. The lowest BCUT2D eigenvalue weighted by atomic mass is 10.2. The molecule has 4 aromatic rings. The number of H-pyrrole nitrogens is 1. The molecule has 0 aliphatic heterocycles. The highest BCUT2D eigenvalue weighted by Gasteiger charge is 2.07. The minimum absolute atomic E-state index is 0.344. The molecule has 2 heterocycles. The maximum atomic E-state index is 13.2. The Morgan fingerprint density at radius 1 is 1.08 bits per heavy atom. The van der Waals surface area contributed by atoms with Crippen LogP contribution < -0.4 is 5.32 Å². The second kappa shape index (κ2) is 6.01. The maximum absolute atomic E-state index is 13.2. The van der Waals surface area contributed by atoms with E-state index in [-0.39, 0.29) is 0 Å². The van der Waals surface area contributed by atoms with Gasteiger partial charge in [0.1, 0.15) is 5.01 Å². The molecule has 2 aromatic heterocycles. The Morgan fingerprint density at radius 2 is 2.00 bits per heavy atom. The van der Waals surface area contributed by atoms with E-state index in [0.717, 1.165) is 27.7 Å². The van der Waals surface area contributed by atoms with Gasteiger partial charge in [0.25, 0.3) is 0 Å². The van der Waals surface area contributed by atoms with E-state index in [0.29, 0.717) is 18.1 Å². The zero-order valence-corrected chi connectivity index (χ0v) is 13.2. The molecular formula is C17H12F2N4S. The highest BCUT2D eigenvalue weighted by molar-refractivity contribution is 7.13. The number of nitrogens with zero attached hydrogens (tertiary/aromatic N) is 2. The monoisotopic (exact) mass is 342 g/mol. The number of nitrogens with one attached hydrogen (secondary N) is 2. The summed E-state index contributed by atoms with van der Waals surface area (Å²) in [5.41, 5.74) is 3.37. The molecule has 7 heteroatoms. The van der Waals surface area contributed by atoms with Crippen molar-refractivity contribution in [3.05, 3.63) is 65.2 Å². The van der Waals surface area contributed by atoms with Crippen molar-refractivity contribution in [2.45, 2.75) is 6.54 Å². The van der Waals surface area contributed by atoms with Crippen LogP contribution in [0.25, 0.3) is 21.6 Å². The third-order valence-corrected chi connectivity index (χ3v) is 4.43. The van der Waals surface area contributed by atoms with Gasteiger partial charge < -0.3 is 10.3 Å². The van der Waals surface area contributed by atoms with E-state index in [1.54, 1.807) is 17.5 Å². The molecule has 120 valence electrons. The predicted molar refractivity (Wildman–Crippen MR) is 90.9 cm³/mol. The summed E-state index contributed by atoms with van der Waals surface area (Å²) in [6.07, 6.45) is 1.77. The topological polar surface area (TPSA) is 53.6 Å². The molecule has 0 atom stereocenters. The van der Waals surface area contributed by atoms with Crippen LogP contribution in [0.4, 0.5) is 14.7 Å². The number of benzene rings is 2. The fraction of sp³-hybridized carbons (Fsp3) is 0.0588. The number of imidazole rings is 1. The second-order valence-corrected chi connectivity index (χ2v) is 6.15. The van der Waals surface area contributed by atoms with Gasteiger partial charge in [0, 0.05) is 23.7 Å². The zero-order chi connectivity index (χ0) is 16.5. The highest BCUT2D eigenvalue weighted by Crippen LogP contribution is 2.25. The van der Waals surface area contributed by atoms with Gasteiger partial charge in [-0.25, -0.2) is 18.7 Å². The van der Waals surface area contributed by atoms with Crippen molar-refractivity contribution in [1.29, 1.82) is 0 Å². The summed E-state index contributed by atoms with van der Waals surface area (Å²) in [5, 5.41) is 5.96. The molecule has 0 saturated carbocycles. The van der Waals surface area contributed by atoms with Crippen molar-refractivity contribution in [3.8, 4) is 10.6 Å². The molecule has 0 fully saturated rings. The van der Waals surface area contributed by atoms with Crippen molar-refractivity contribution in [2.75, 3.05) is 5.32 Å². The summed E-state index contributed by atoms with van der Waals surface area (Å²) >= 11 is 1.57. The van der Waals surface area contributed by atoms with Crippen molar-refractivity contribution >= 4 is 28.3 Å². The number of hydrogen-bond acceptors (Lipinski definition) is 4. The first-order chi connectivity index (χ1) is 11.7. The zero-order valence-electron chi connectivity index (χ0n) is 12.4. The Bertz CT molecular complexity index is 995. The maximum Gasteiger partial charge on any atom is 0.201 e. The molecule has 0 amide bonds. The van der Waals surface area contributed by atoms with Crippen LogP contribution in [0, 0.1) is 11.6 Å². The molecule has 4 nitrogen and oxygen atoms in total. The van der Waals surface area contributed by atoms with Gasteiger partial charge in [-0.2, -0.15) is 0 Å². The predicted octanol–water partition coefficient (Wildman–Crippen LogP) is 4.58. The lowest BCUT2D eigenvalue weighted by Gasteiger charge is -2.03. The van der Waals surface area contributed by atoms with Gasteiger partial charge in [-0.15, -0.1) is 11.3 Å². The Kier molecular flexibility index (Phi) is 3.70. The number of rotatable bonds is 4. The molecule has 0 unspecified atom stereocenters. The standard InChI is InChI=1S/C17H12F2N4S/c18-12-3-1-10(7-13(12)19)9-21-17-22-14-4-2-11(8-15(14)23-17)16-20-5-6-24-16/h1-8H,9H2,(H2,21,22,23). The fourth-order valence-corrected chi connectivity index (χ4v) is 3.06. The number of aromatic nitrogens is 3. The van der Waals surface area contributed by atoms with Gasteiger partial charge in [0.15, 0.2) is 11.6 Å². The van der Waals surface area contributed by atoms with Crippen molar-refractivity contribution in [1.82, 2.24) is 15.0 Å². The van der Waals surface area contributed by atoms with Gasteiger partial charge >= 0.3 is 0 Å². The summed E-state index contributed by atoms with van der Waals surface area (Å²) < 4.78 is 26.2. The highest BCUT2D eigenvalue weighted by atomic mass is 32.1. The van der Waals surface area contributed by atoms with Gasteiger partial charge in [-0.3, -0.25) is 0 Å². The van der Waals surface area contributed by atoms with Crippen LogP contribution in [0.2, 0.25) is 0 Å². The van der Waals surface area contributed by atoms with Gasteiger partial charge in [-0.05, 0) is 35.9 Å². The first kappa shape index (κ1) is 14.8. The van der Waals surface area contributed by atoms with Crippen LogP contribution in [0.1, 0.15) is 5.56 Å². The number of hydrogen-bond donors (Lipinski definition) is 2. The summed E-state index contributed by atoms with van der Waals surface area (Å²) in [6, 6.07) is 9.71. The van der Waals surface area contributed by atoms with E-state index in [2.05, 4.69) is 20.3 Å². The number of thiazole rings is 1. The molecule has 0 saturated heterocycles. The summed E-state index contributed by atoms with van der Waals surface area (Å²) in [6.45, 7) is 0.344. The van der Waals surface area contributed by atoms with Gasteiger partial charge in [-0.1, -0.05) is 6.07 Å². The lowest BCUT2D eigenvalue weighted by Crippen LogP contribution is -2.01. The van der Waals surface area contributed by atoms with E-state index in [1.807, 2.05) is 23.6 Å². The molecule has 4 rings (SSSR count). The fourth-order valence-electron chi connectivity index (χ4n) is 2.43. The van der Waals surface area contributed by atoms with Crippen LogP contribution >= 0.6 is 11.3 Å². The van der Waals surface area contributed by atoms with Crippen molar-refractivity contribution in [3.63, 3.8) is 0 Å². The smallest absolute Gasteiger partial charge is 0.201 e. The average molecular weight is 342 g/mol. The van der Waals surface area contributed by atoms with Crippen LogP contribution in [0.5, 0.6) is 0 Å². The minimum atomic E-state index is -0.855. The van der Waals surface area contributed by atoms with Crippen molar-refractivity contribution < 1.29 is 8.78 Å². The number of aromatic amines is 1. The van der Waals surface area contributed by atoms with Crippen LogP contribution in [-0.4, -0.2) is 15.0 Å². The third-order valence-electron chi connectivity index (χ3n) is 3.61. The lowest BCUT2D eigenvalue weighted by molar-refractivity contribution is 0.507. The molecule has 0 radical (unpaired) electrons. The molecule has 2 N–H and O–H groups in total. The van der Waals surface area contributed by atoms with Crippen LogP contribution in [0.3, 0.4) is 0 Å². The van der Waals surface area contributed by atoms with E-state index >= 15 is 0 Å². The van der Waals surface area contributed by atoms with E-state index in [4.69, 9.17) is 0 Å². The summed E-state index contributed by atoms with van der Waals surface area (Å²) in [4.78, 5) is 11.9. The van der Waals surface area contributed by atoms with Crippen molar-refractivity contribution in [2.24, 2.45) is 0 Å². The largest absolute Gasteiger partial charge is 0.352 e.